The van der Waals surface area contributed by atoms with Gasteiger partial charge in [-0.25, -0.2) is 8.42 Å². The average Bonchev–Trinajstić information content (AvgIpc) is 2.09. The van der Waals surface area contributed by atoms with Crippen molar-refractivity contribution < 1.29 is 17.9 Å². The molecule has 0 unspecified atom stereocenters. The topological polar surface area (TPSA) is 63.7 Å². The Hall–Kier alpha value is -0.620. The van der Waals surface area contributed by atoms with Gasteiger partial charge in [0.25, 0.3) is 0 Å². The summed E-state index contributed by atoms with van der Waals surface area (Å²) in [5, 5.41) is 0. The van der Waals surface area contributed by atoms with Gasteiger partial charge in [-0.1, -0.05) is 0 Å². The number of hydrogen-bond acceptors (Lipinski definition) is 4. The molecule has 1 amide bonds. The van der Waals surface area contributed by atoms with Gasteiger partial charge < -0.3 is 9.64 Å². The normalized spacial score (nSPS) is 11.4. The van der Waals surface area contributed by atoms with Crippen molar-refractivity contribution in [2.75, 3.05) is 38.8 Å². The number of sulfone groups is 1. The van der Waals surface area contributed by atoms with Gasteiger partial charge >= 0.3 is 0 Å². The monoisotopic (exact) mass is 223 g/mol. The number of nitrogens with zero attached hydrogens (tertiary/aromatic N) is 1. The number of ether oxygens (including phenoxy) is 1. The number of hydrogen-bond donors (Lipinski definition) is 0. The molecule has 0 aliphatic rings. The predicted octanol–water partition coefficient (Wildman–Crippen LogP) is -0.474. The summed E-state index contributed by atoms with van der Waals surface area (Å²) in [4.78, 5) is 12.6. The van der Waals surface area contributed by atoms with Crippen LogP contribution in [0.3, 0.4) is 0 Å². The summed E-state index contributed by atoms with van der Waals surface area (Å²) in [5.74, 6) is -0.211. The number of carbonyl (C=O) groups excluding carboxylic acids is 1. The number of rotatable bonds is 6. The maximum Gasteiger partial charge on any atom is 0.248 e. The van der Waals surface area contributed by atoms with E-state index in [0.717, 1.165) is 6.26 Å². The van der Waals surface area contributed by atoms with Crippen LogP contribution in [0.2, 0.25) is 0 Å². The van der Waals surface area contributed by atoms with Gasteiger partial charge in [0.2, 0.25) is 5.91 Å². The molecule has 0 aromatic rings. The molecule has 0 bridgehead atoms. The molecule has 0 aliphatic carbocycles. The van der Waals surface area contributed by atoms with E-state index in [1.54, 1.807) is 14.0 Å². The van der Waals surface area contributed by atoms with E-state index in [1.807, 2.05) is 0 Å². The van der Waals surface area contributed by atoms with Crippen molar-refractivity contribution in [3.05, 3.63) is 0 Å². The molecule has 0 rings (SSSR count). The van der Waals surface area contributed by atoms with E-state index in [-0.39, 0.29) is 24.8 Å². The minimum Gasteiger partial charge on any atom is -0.372 e. The van der Waals surface area contributed by atoms with Gasteiger partial charge in [-0.15, -0.1) is 0 Å². The lowest BCUT2D eigenvalue weighted by Crippen LogP contribution is -2.34. The minimum atomic E-state index is -3.01. The third kappa shape index (κ3) is 6.85. The van der Waals surface area contributed by atoms with E-state index >= 15 is 0 Å². The van der Waals surface area contributed by atoms with E-state index in [0.29, 0.717) is 6.61 Å². The van der Waals surface area contributed by atoms with Gasteiger partial charge in [-0.3, -0.25) is 4.79 Å². The highest BCUT2D eigenvalue weighted by Gasteiger charge is 2.10. The lowest BCUT2D eigenvalue weighted by atomic mass is 10.5. The molecule has 0 N–H and O–H groups in total. The summed E-state index contributed by atoms with van der Waals surface area (Å²) in [6.07, 6.45) is 1.15. The van der Waals surface area contributed by atoms with Crippen LogP contribution in [0.4, 0.5) is 0 Å². The van der Waals surface area contributed by atoms with Crippen molar-refractivity contribution in [1.82, 2.24) is 4.90 Å². The second kappa shape index (κ2) is 5.98. The Balaban J connectivity index is 3.84. The first-order chi connectivity index (χ1) is 6.37. The summed E-state index contributed by atoms with van der Waals surface area (Å²) in [5.41, 5.74) is 0. The Kier molecular flexibility index (Phi) is 5.71. The van der Waals surface area contributed by atoms with E-state index < -0.39 is 9.84 Å². The first-order valence-corrected chi connectivity index (χ1v) is 6.42. The van der Waals surface area contributed by atoms with E-state index in [4.69, 9.17) is 4.74 Å². The molecule has 0 aliphatic heterocycles. The molecule has 5 nitrogen and oxygen atoms in total. The molecule has 14 heavy (non-hydrogen) atoms. The third-order valence-corrected chi connectivity index (χ3v) is 2.58. The van der Waals surface area contributed by atoms with Crippen LogP contribution in [0, 0.1) is 0 Å². The van der Waals surface area contributed by atoms with Crippen molar-refractivity contribution in [3.63, 3.8) is 0 Å². The van der Waals surface area contributed by atoms with Crippen LogP contribution < -0.4 is 0 Å². The van der Waals surface area contributed by atoms with Crippen LogP contribution in [0.5, 0.6) is 0 Å². The quantitative estimate of drug-likeness (QED) is 0.610. The first kappa shape index (κ1) is 13.4. The molecule has 0 aromatic carbocycles. The summed E-state index contributed by atoms with van der Waals surface area (Å²) >= 11 is 0. The van der Waals surface area contributed by atoms with E-state index in [2.05, 4.69) is 0 Å². The van der Waals surface area contributed by atoms with Crippen molar-refractivity contribution in [1.29, 1.82) is 0 Å². The van der Waals surface area contributed by atoms with Crippen molar-refractivity contribution in [2.24, 2.45) is 0 Å². The Morgan fingerprint density at radius 1 is 1.43 bits per heavy atom. The van der Waals surface area contributed by atoms with Crippen LogP contribution in [-0.2, 0) is 19.4 Å². The Labute approximate surface area is 85.0 Å². The van der Waals surface area contributed by atoms with Gasteiger partial charge in [0.1, 0.15) is 16.4 Å². The molecule has 6 heteroatoms. The van der Waals surface area contributed by atoms with E-state index in [1.165, 1.54) is 4.90 Å². The van der Waals surface area contributed by atoms with Crippen molar-refractivity contribution in [2.45, 2.75) is 6.92 Å². The lowest BCUT2D eigenvalue weighted by Gasteiger charge is -2.15. The fourth-order valence-electron chi connectivity index (χ4n) is 0.727. The van der Waals surface area contributed by atoms with Gasteiger partial charge in [-0.05, 0) is 6.92 Å². The average molecular weight is 223 g/mol. The maximum absolute atomic E-state index is 11.2. The molecule has 0 radical (unpaired) electrons. The molecule has 84 valence electrons. The zero-order valence-electron chi connectivity index (χ0n) is 8.82. The second-order valence-electron chi connectivity index (χ2n) is 3.08. The van der Waals surface area contributed by atoms with Crippen LogP contribution in [0.1, 0.15) is 6.92 Å². The molecule has 0 spiro atoms. The third-order valence-electron chi connectivity index (χ3n) is 1.65. The fourth-order valence-corrected chi connectivity index (χ4v) is 1.33. The molecule has 0 atom stereocenters. The van der Waals surface area contributed by atoms with Crippen LogP contribution in [0.15, 0.2) is 0 Å². The van der Waals surface area contributed by atoms with Crippen molar-refractivity contribution >= 4 is 15.7 Å². The minimum absolute atomic E-state index is 0.0107. The number of carbonyl (C=O) groups is 1. The van der Waals surface area contributed by atoms with Crippen LogP contribution in [-0.4, -0.2) is 58.0 Å². The Morgan fingerprint density at radius 3 is 2.43 bits per heavy atom. The summed E-state index contributed by atoms with van der Waals surface area (Å²) in [6, 6.07) is 0. The second-order valence-corrected chi connectivity index (χ2v) is 5.34. The van der Waals surface area contributed by atoms with Gasteiger partial charge in [0, 0.05) is 26.5 Å². The highest BCUT2D eigenvalue weighted by molar-refractivity contribution is 7.90. The largest absolute Gasteiger partial charge is 0.372 e. The van der Waals surface area contributed by atoms with Crippen molar-refractivity contribution in [3.8, 4) is 0 Å². The molecule has 0 saturated heterocycles. The molecule has 0 saturated carbocycles. The fraction of sp³-hybridized carbons (Fsp3) is 0.875. The Morgan fingerprint density at radius 2 is 2.00 bits per heavy atom. The smallest absolute Gasteiger partial charge is 0.248 e. The Bertz CT molecular complexity index is 273. The lowest BCUT2D eigenvalue weighted by molar-refractivity contribution is -0.134. The van der Waals surface area contributed by atoms with Gasteiger partial charge in [-0.2, -0.15) is 0 Å². The maximum atomic E-state index is 11.2. The summed E-state index contributed by atoms with van der Waals surface area (Å²) in [6.45, 7) is 2.50. The highest BCUT2D eigenvalue weighted by atomic mass is 32.2. The van der Waals surface area contributed by atoms with Crippen LogP contribution >= 0.6 is 0 Å². The summed E-state index contributed by atoms with van der Waals surface area (Å²) in [7, 11) is -1.45. The molecule has 0 heterocycles. The zero-order valence-corrected chi connectivity index (χ0v) is 9.63. The zero-order chi connectivity index (χ0) is 11.2. The molecule has 0 fully saturated rings. The van der Waals surface area contributed by atoms with Gasteiger partial charge in [0.15, 0.2) is 0 Å². The highest BCUT2D eigenvalue weighted by Crippen LogP contribution is 1.90. The van der Waals surface area contributed by atoms with E-state index in [9.17, 15) is 13.2 Å². The number of likely N-dealkylation sites (N-methyl/N-ethyl adjacent to an activating group) is 1. The first-order valence-electron chi connectivity index (χ1n) is 4.36. The molecule has 0 aromatic heterocycles. The van der Waals surface area contributed by atoms with Crippen LogP contribution in [0.25, 0.3) is 0 Å². The SMILES string of the molecule is CCOCC(=O)N(C)CCS(C)(=O)=O. The molecular weight excluding hydrogens is 206 g/mol. The van der Waals surface area contributed by atoms with Gasteiger partial charge in [0.05, 0.1) is 5.75 Å². The predicted molar refractivity (Wildman–Crippen MR) is 53.8 cm³/mol. The standard InChI is InChI=1S/C8H17NO4S/c1-4-13-7-8(10)9(2)5-6-14(3,11)12/h4-7H2,1-3H3. The summed E-state index contributed by atoms with van der Waals surface area (Å²) < 4.78 is 26.5. The molecular formula is C8H17NO4S. The number of amides is 1.